The van der Waals surface area contributed by atoms with E-state index in [0.717, 1.165) is 9.13 Å². The normalized spacial score (nSPS) is 12.1. The number of hydrogen-bond donors (Lipinski definition) is 2. The van der Waals surface area contributed by atoms with Crippen molar-refractivity contribution in [2.24, 2.45) is 0 Å². The van der Waals surface area contributed by atoms with Crippen LogP contribution in [0, 0.1) is 3.57 Å². The first kappa shape index (κ1) is 19.8. The van der Waals surface area contributed by atoms with Crippen molar-refractivity contribution in [2.75, 3.05) is 0 Å². The van der Waals surface area contributed by atoms with Crippen LogP contribution in [-0.4, -0.2) is 23.0 Å². The van der Waals surface area contributed by atoms with Crippen LogP contribution in [0.2, 0.25) is 10.0 Å². The van der Waals surface area contributed by atoms with Gasteiger partial charge < -0.3 is 10.4 Å². The van der Waals surface area contributed by atoms with Gasteiger partial charge in [-0.2, -0.15) is 0 Å². The number of carbonyl (C=O) groups excluding carboxylic acids is 1. The number of carbonyl (C=O) groups is 2. The highest BCUT2D eigenvalue weighted by atomic mass is 127. The summed E-state index contributed by atoms with van der Waals surface area (Å²) in [5.74, 6) is -1.62. The summed E-state index contributed by atoms with van der Waals surface area (Å²) in [6.07, 6.45) is 2.93. The molecule has 1 unspecified atom stereocenters. The largest absolute Gasteiger partial charge is 0.480 e. The van der Waals surface area contributed by atoms with Crippen LogP contribution in [0.1, 0.15) is 11.1 Å². The van der Waals surface area contributed by atoms with Gasteiger partial charge in [0.2, 0.25) is 5.91 Å². The molecule has 0 saturated carbocycles. The Kier molecular flexibility index (Phi) is 7.28. The summed E-state index contributed by atoms with van der Waals surface area (Å²) >= 11 is 14.1. The van der Waals surface area contributed by atoms with Gasteiger partial charge in [0, 0.05) is 16.1 Å². The highest BCUT2D eigenvalue weighted by Gasteiger charge is 2.19. The fourth-order valence-electron chi connectivity index (χ4n) is 2.09. The maximum absolute atomic E-state index is 12.0. The van der Waals surface area contributed by atoms with E-state index in [1.807, 2.05) is 24.3 Å². The molecule has 130 valence electrons. The predicted octanol–water partition coefficient (Wildman–Crippen LogP) is 4.42. The molecule has 2 aromatic carbocycles. The summed E-state index contributed by atoms with van der Waals surface area (Å²) in [4.78, 5) is 23.4. The summed E-state index contributed by atoms with van der Waals surface area (Å²) in [6, 6.07) is 11.5. The number of nitrogens with one attached hydrogen (secondary N) is 1. The minimum atomic E-state index is -1.10. The first-order valence-electron chi connectivity index (χ1n) is 7.26. The second-order valence-corrected chi connectivity index (χ2v) is 7.24. The van der Waals surface area contributed by atoms with E-state index in [9.17, 15) is 14.7 Å². The molecule has 1 amide bonds. The Balaban J connectivity index is 2.04. The number of hydrogen-bond acceptors (Lipinski definition) is 2. The van der Waals surface area contributed by atoms with Crippen LogP contribution in [0.15, 0.2) is 48.5 Å². The standard InChI is InChI=1S/C18H14Cl2INO3/c19-14-3-1-2-12(17(14)20)6-9-16(23)22-15(18(24)25)10-11-4-7-13(21)8-5-11/h1-9,15H,10H2,(H,22,23)(H,24,25). The van der Waals surface area contributed by atoms with Crippen molar-refractivity contribution in [1.82, 2.24) is 5.32 Å². The Morgan fingerprint density at radius 2 is 1.84 bits per heavy atom. The minimum Gasteiger partial charge on any atom is -0.480 e. The molecule has 2 aromatic rings. The molecule has 0 bridgehead atoms. The summed E-state index contributed by atoms with van der Waals surface area (Å²) in [6.45, 7) is 0. The Hall–Kier alpha value is -1.57. The molecule has 2 N–H and O–H groups in total. The van der Waals surface area contributed by atoms with E-state index < -0.39 is 17.9 Å². The number of halogens is 3. The molecule has 1 atom stereocenters. The van der Waals surface area contributed by atoms with Gasteiger partial charge in [-0.3, -0.25) is 4.79 Å². The zero-order chi connectivity index (χ0) is 18.4. The van der Waals surface area contributed by atoms with Crippen molar-refractivity contribution in [1.29, 1.82) is 0 Å². The molecule has 0 saturated heterocycles. The average Bonchev–Trinajstić information content (AvgIpc) is 2.57. The maximum Gasteiger partial charge on any atom is 0.326 e. The molecule has 4 nitrogen and oxygen atoms in total. The van der Waals surface area contributed by atoms with Gasteiger partial charge in [0.25, 0.3) is 0 Å². The molecular formula is C18H14Cl2INO3. The molecule has 0 heterocycles. The third-order valence-corrected chi connectivity index (χ3v) is 4.92. The summed E-state index contributed by atoms with van der Waals surface area (Å²) in [5.41, 5.74) is 1.41. The van der Waals surface area contributed by atoms with Crippen LogP contribution >= 0.6 is 45.8 Å². The van der Waals surface area contributed by atoms with E-state index in [-0.39, 0.29) is 6.42 Å². The van der Waals surface area contributed by atoms with Gasteiger partial charge in [-0.05, 0) is 58.0 Å². The predicted molar refractivity (Wildman–Crippen MR) is 108 cm³/mol. The third-order valence-electron chi connectivity index (χ3n) is 3.36. The number of benzene rings is 2. The van der Waals surface area contributed by atoms with Crippen molar-refractivity contribution in [3.05, 3.63) is 73.3 Å². The van der Waals surface area contributed by atoms with Crippen molar-refractivity contribution < 1.29 is 14.7 Å². The van der Waals surface area contributed by atoms with Crippen LogP contribution in [0.5, 0.6) is 0 Å². The molecule has 2 rings (SSSR count). The number of aliphatic carboxylic acids is 1. The summed E-state index contributed by atoms with van der Waals surface area (Å²) in [7, 11) is 0. The smallest absolute Gasteiger partial charge is 0.326 e. The molecule has 0 aliphatic rings. The van der Waals surface area contributed by atoms with Crippen LogP contribution in [0.3, 0.4) is 0 Å². The van der Waals surface area contributed by atoms with Crippen molar-refractivity contribution in [3.8, 4) is 0 Å². The summed E-state index contributed by atoms with van der Waals surface area (Å²) in [5, 5.41) is 12.5. The second kappa shape index (κ2) is 9.22. The molecule has 0 aliphatic carbocycles. The Bertz CT molecular complexity index is 806. The monoisotopic (exact) mass is 489 g/mol. The molecule has 7 heteroatoms. The first-order valence-corrected chi connectivity index (χ1v) is 9.10. The zero-order valence-corrected chi connectivity index (χ0v) is 16.5. The molecule has 25 heavy (non-hydrogen) atoms. The van der Waals surface area contributed by atoms with Gasteiger partial charge in [-0.15, -0.1) is 0 Å². The van der Waals surface area contributed by atoms with E-state index in [1.54, 1.807) is 18.2 Å². The van der Waals surface area contributed by atoms with Crippen LogP contribution in [0.25, 0.3) is 6.08 Å². The molecule has 0 spiro atoms. The van der Waals surface area contributed by atoms with Crippen LogP contribution < -0.4 is 5.32 Å². The molecular weight excluding hydrogens is 476 g/mol. The van der Waals surface area contributed by atoms with Gasteiger partial charge in [0.1, 0.15) is 6.04 Å². The van der Waals surface area contributed by atoms with Gasteiger partial charge in [0.05, 0.1) is 10.0 Å². The van der Waals surface area contributed by atoms with Gasteiger partial charge >= 0.3 is 5.97 Å². The van der Waals surface area contributed by atoms with E-state index in [0.29, 0.717) is 15.6 Å². The zero-order valence-electron chi connectivity index (χ0n) is 12.9. The SMILES string of the molecule is O=C(C=Cc1cccc(Cl)c1Cl)NC(Cc1ccc(I)cc1)C(=O)O. The lowest BCUT2D eigenvalue weighted by atomic mass is 10.1. The van der Waals surface area contributed by atoms with Gasteiger partial charge in [0.15, 0.2) is 0 Å². The fraction of sp³-hybridized carbons (Fsp3) is 0.111. The van der Waals surface area contributed by atoms with Crippen molar-refractivity contribution >= 4 is 63.7 Å². The summed E-state index contributed by atoms with van der Waals surface area (Å²) < 4.78 is 1.05. The Labute approximate surface area is 169 Å². The van der Waals surface area contributed by atoms with Crippen LogP contribution in [0.4, 0.5) is 0 Å². The highest BCUT2D eigenvalue weighted by molar-refractivity contribution is 14.1. The molecule has 0 aliphatic heterocycles. The highest BCUT2D eigenvalue weighted by Crippen LogP contribution is 2.26. The van der Waals surface area contributed by atoms with Gasteiger partial charge in [-0.1, -0.05) is 47.5 Å². The number of amides is 1. The lowest BCUT2D eigenvalue weighted by molar-refractivity contribution is -0.141. The third kappa shape index (κ3) is 6.02. The molecule has 0 radical (unpaired) electrons. The molecule has 0 aromatic heterocycles. The van der Waals surface area contributed by atoms with Crippen LogP contribution in [-0.2, 0) is 16.0 Å². The van der Waals surface area contributed by atoms with E-state index in [1.165, 1.54) is 12.2 Å². The lowest BCUT2D eigenvalue weighted by Crippen LogP contribution is -2.41. The number of carboxylic acids is 1. The average molecular weight is 490 g/mol. The topological polar surface area (TPSA) is 66.4 Å². The fourth-order valence-corrected chi connectivity index (χ4v) is 2.82. The molecule has 0 fully saturated rings. The Morgan fingerprint density at radius 3 is 2.48 bits per heavy atom. The Morgan fingerprint density at radius 1 is 1.16 bits per heavy atom. The number of rotatable bonds is 6. The van der Waals surface area contributed by atoms with Crippen molar-refractivity contribution in [2.45, 2.75) is 12.5 Å². The lowest BCUT2D eigenvalue weighted by Gasteiger charge is -2.13. The number of carboxylic acid groups (broad SMARTS) is 1. The minimum absolute atomic E-state index is 0.198. The van der Waals surface area contributed by atoms with E-state index in [4.69, 9.17) is 23.2 Å². The second-order valence-electron chi connectivity index (χ2n) is 5.21. The van der Waals surface area contributed by atoms with Crippen molar-refractivity contribution in [3.63, 3.8) is 0 Å². The first-order chi connectivity index (χ1) is 11.9. The maximum atomic E-state index is 12.0. The quantitative estimate of drug-likeness (QED) is 0.466. The van der Waals surface area contributed by atoms with E-state index >= 15 is 0 Å². The van der Waals surface area contributed by atoms with E-state index in [2.05, 4.69) is 27.9 Å². The van der Waals surface area contributed by atoms with Gasteiger partial charge in [-0.25, -0.2) is 4.79 Å².